The number of hydrogen-bond donors (Lipinski definition) is 0. The van der Waals surface area contributed by atoms with Crippen molar-refractivity contribution < 1.29 is 18.8 Å². The maximum Gasteiger partial charge on any atom is 0.358 e. The van der Waals surface area contributed by atoms with Gasteiger partial charge in [0.1, 0.15) is 23.8 Å². The average Bonchev–Trinajstić information content (AvgIpc) is 3.91. The molecule has 0 spiro atoms. The van der Waals surface area contributed by atoms with Gasteiger partial charge in [-0.25, -0.2) is 4.79 Å². The summed E-state index contributed by atoms with van der Waals surface area (Å²) in [6, 6.07) is 11.4. The third-order valence-corrected chi connectivity index (χ3v) is 9.57. The molecule has 1 aromatic heterocycles. The molecule has 3 aromatic rings. The molecule has 0 N–H and O–H groups in total. The number of fused-ring (bicyclic) bond motifs is 1. The molecular formula is C32H28Cl3N3O4. The first-order valence-electron chi connectivity index (χ1n) is 14.0. The van der Waals surface area contributed by atoms with Crippen LogP contribution in [0, 0.1) is 5.92 Å². The zero-order valence-corrected chi connectivity index (χ0v) is 25.3. The molecular weight excluding hydrogens is 597 g/mol. The van der Waals surface area contributed by atoms with Gasteiger partial charge in [-0.3, -0.25) is 5.01 Å². The maximum absolute atomic E-state index is 12.1. The van der Waals surface area contributed by atoms with Gasteiger partial charge in [-0.2, -0.15) is 5.10 Å². The van der Waals surface area contributed by atoms with Crippen LogP contribution in [-0.4, -0.2) is 42.0 Å². The summed E-state index contributed by atoms with van der Waals surface area (Å²) in [4.78, 5) is 12.1. The summed E-state index contributed by atoms with van der Waals surface area (Å²) in [7, 11) is 3.28. The van der Waals surface area contributed by atoms with Crippen LogP contribution in [-0.2, 0) is 16.1 Å². The summed E-state index contributed by atoms with van der Waals surface area (Å²) in [5, 5.41) is 12.3. The van der Waals surface area contributed by atoms with E-state index >= 15 is 0 Å². The monoisotopic (exact) mass is 623 g/mol. The molecule has 0 amide bonds. The van der Waals surface area contributed by atoms with Crippen LogP contribution in [0.4, 0.5) is 0 Å². The zero-order chi connectivity index (χ0) is 29.1. The van der Waals surface area contributed by atoms with Crippen LogP contribution in [0.1, 0.15) is 54.4 Å². The summed E-state index contributed by atoms with van der Waals surface area (Å²) in [6.07, 6.45) is 8.13. The van der Waals surface area contributed by atoms with Gasteiger partial charge in [0.25, 0.3) is 0 Å². The number of methoxy groups -OCH3 is 1. The van der Waals surface area contributed by atoms with Gasteiger partial charge < -0.3 is 14.0 Å². The number of esters is 1. The summed E-state index contributed by atoms with van der Waals surface area (Å²) in [5.74, 6) is 2.19. The maximum atomic E-state index is 12.1. The minimum absolute atomic E-state index is 0.0510. The number of aromatic nitrogens is 1. The molecule has 42 heavy (non-hydrogen) atoms. The molecule has 0 bridgehead atoms. The van der Waals surface area contributed by atoms with Crippen molar-refractivity contribution in [3.8, 4) is 17.0 Å². The zero-order valence-electron chi connectivity index (χ0n) is 23.1. The number of hydrazone groups is 1. The second-order valence-corrected chi connectivity index (χ2v) is 12.5. The Morgan fingerprint density at radius 2 is 1.86 bits per heavy atom. The molecule has 7 nitrogen and oxygen atoms in total. The Hall–Kier alpha value is -3.26. The fraction of sp³-hybridized carbons (Fsp3) is 0.344. The summed E-state index contributed by atoms with van der Waals surface area (Å²) < 4.78 is 16.9. The van der Waals surface area contributed by atoms with E-state index in [1.807, 2.05) is 30.3 Å². The molecule has 2 fully saturated rings. The summed E-state index contributed by atoms with van der Waals surface area (Å²) >= 11 is 19.8. The van der Waals surface area contributed by atoms with Crippen molar-refractivity contribution in [2.24, 2.45) is 11.0 Å². The van der Waals surface area contributed by atoms with E-state index in [0.717, 1.165) is 48.1 Å². The van der Waals surface area contributed by atoms with Crippen molar-refractivity contribution in [2.75, 3.05) is 14.2 Å². The molecule has 2 aromatic carbocycles. The summed E-state index contributed by atoms with van der Waals surface area (Å²) in [6.45, 7) is 0.264. The molecule has 216 valence electrons. The molecule has 3 unspecified atom stereocenters. The van der Waals surface area contributed by atoms with Gasteiger partial charge in [0.05, 0.1) is 28.8 Å². The Morgan fingerprint density at radius 1 is 1.07 bits per heavy atom. The van der Waals surface area contributed by atoms with Crippen molar-refractivity contribution in [2.45, 2.75) is 50.2 Å². The molecule has 3 atom stereocenters. The number of ether oxygens (including phenoxy) is 2. The van der Waals surface area contributed by atoms with E-state index in [2.05, 4.69) is 22.4 Å². The minimum Gasteiger partial charge on any atom is -0.489 e. The minimum atomic E-state index is -0.400. The Bertz CT molecular complexity index is 1670. The number of carbonyl (C=O) groups excluding carboxylic acids is 1. The lowest BCUT2D eigenvalue weighted by Gasteiger charge is -2.24. The fourth-order valence-electron chi connectivity index (χ4n) is 6.15. The van der Waals surface area contributed by atoms with Crippen molar-refractivity contribution in [3.05, 3.63) is 91.7 Å². The quantitative estimate of drug-likeness (QED) is 0.237. The Labute approximate surface area is 258 Å². The van der Waals surface area contributed by atoms with Gasteiger partial charge in [0, 0.05) is 29.1 Å². The van der Waals surface area contributed by atoms with E-state index in [9.17, 15) is 4.79 Å². The van der Waals surface area contributed by atoms with Gasteiger partial charge >= 0.3 is 5.97 Å². The Morgan fingerprint density at radius 3 is 2.57 bits per heavy atom. The fourth-order valence-corrected chi connectivity index (χ4v) is 7.03. The highest BCUT2D eigenvalue weighted by molar-refractivity contribution is 6.44. The largest absolute Gasteiger partial charge is 0.489 e. The van der Waals surface area contributed by atoms with E-state index in [0.29, 0.717) is 55.5 Å². The van der Waals surface area contributed by atoms with Gasteiger partial charge in [-0.15, -0.1) is 0 Å². The van der Waals surface area contributed by atoms with Crippen molar-refractivity contribution in [1.29, 1.82) is 0 Å². The number of hydrogen-bond acceptors (Lipinski definition) is 7. The van der Waals surface area contributed by atoms with Gasteiger partial charge in [0.15, 0.2) is 5.71 Å². The van der Waals surface area contributed by atoms with Gasteiger partial charge in [0.2, 0.25) is 0 Å². The normalized spacial score (nSPS) is 22.7. The lowest BCUT2D eigenvalue weighted by atomic mass is 9.88. The smallest absolute Gasteiger partial charge is 0.358 e. The molecule has 1 aliphatic heterocycles. The van der Waals surface area contributed by atoms with Gasteiger partial charge in [-0.1, -0.05) is 69.8 Å². The molecule has 4 aliphatic rings. The van der Waals surface area contributed by atoms with Crippen LogP contribution >= 0.6 is 34.8 Å². The number of allylic oxidation sites excluding steroid dienone is 2. The predicted octanol–water partition coefficient (Wildman–Crippen LogP) is 7.96. The molecule has 7 rings (SSSR count). The van der Waals surface area contributed by atoms with Crippen molar-refractivity contribution in [1.82, 2.24) is 10.2 Å². The molecule has 0 radical (unpaired) electrons. The molecule has 0 saturated heterocycles. The third-order valence-electron chi connectivity index (χ3n) is 8.61. The first kappa shape index (κ1) is 27.6. The molecule has 2 heterocycles. The van der Waals surface area contributed by atoms with Crippen LogP contribution in [0.3, 0.4) is 0 Å². The second kappa shape index (κ2) is 10.8. The van der Waals surface area contributed by atoms with Crippen molar-refractivity contribution in [3.63, 3.8) is 0 Å². The van der Waals surface area contributed by atoms with Crippen LogP contribution in [0.5, 0.6) is 5.75 Å². The van der Waals surface area contributed by atoms with E-state index in [-0.39, 0.29) is 12.6 Å². The number of carbonyl (C=O) groups is 1. The molecule has 10 heteroatoms. The molecule has 3 aliphatic carbocycles. The standard InChI is InChI=1S/C32H28Cl3N3O4/c1-38-27-12-17(8-10-20(27)30(36-38)32(39)40-2)21-14-22(21)19-11-9-18(13-26(19)35)41-15-23-29(37-42-31(23)16-6-7-16)28-24(33)4-3-5-25(28)34/h3-5,8-11,13,16,21-22,27H,6-7,12,14-15H2,1-2H3. The van der Waals surface area contributed by atoms with Crippen LogP contribution < -0.4 is 4.74 Å². The number of benzene rings is 2. The van der Waals surface area contributed by atoms with Gasteiger partial charge in [-0.05, 0) is 67.3 Å². The Kier molecular flexibility index (Phi) is 7.08. The SMILES string of the molecule is COC(=O)C1=NN(C)C2CC(C3CC3c3ccc(OCc4c(-c5c(Cl)cccc5Cl)noc4C4CC4)cc3Cl)=CC=C12. The van der Waals surface area contributed by atoms with Crippen LogP contribution in [0.25, 0.3) is 11.3 Å². The van der Waals surface area contributed by atoms with E-state index in [1.165, 1.54) is 12.7 Å². The number of nitrogens with zero attached hydrogens (tertiary/aromatic N) is 3. The highest BCUT2D eigenvalue weighted by Crippen LogP contribution is 2.56. The first-order chi connectivity index (χ1) is 20.3. The highest BCUT2D eigenvalue weighted by atomic mass is 35.5. The summed E-state index contributed by atoms with van der Waals surface area (Å²) in [5.41, 5.74) is 5.91. The highest BCUT2D eigenvalue weighted by Gasteiger charge is 2.45. The lowest BCUT2D eigenvalue weighted by Crippen LogP contribution is -2.28. The van der Waals surface area contributed by atoms with E-state index in [1.54, 1.807) is 18.2 Å². The first-order valence-corrected chi connectivity index (χ1v) is 15.1. The number of halogens is 3. The third kappa shape index (κ3) is 4.91. The predicted molar refractivity (Wildman–Crippen MR) is 162 cm³/mol. The van der Waals surface area contributed by atoms with Crippen molar-refractivity contribution >= 4 is 46.5 Å². The number of rotatable bonds is 8. The average molecular weight is 625 g/mol. The van der Waals surface area contributed by atoms with Crippen LogP contribution in [0.2, 0.25) is 15.1 Å². The van der Waals surface area contributed by atoms with E-state index in [4.69, 9.17) is 48.8 Å². The lowest BCUT2D eigenvalue weighted by molar-refractivity contribution is -0.132. The topological polar surface area (TPSA) is 77.2 Å². The Balaban J connectivity index is 1.06. The molecule has 2 saturated carbocycles. The number of likely N-dealkylation sites (N-methyl/N-ethyl adjacent to an activating group) is 1. The second-order valence-electron chi connectivity index (χ2n) is 11.3. The van der Waals surface area contributed by atoms with E-state index < -0.39 is 5.97 Å². The van der Waals surface area contributed by atoms with Crippen LogP contribution in [0.15, 0.2) is 69.3 Å².